The zero-order valence-corrected chi connectivity index (χ0v) is 13.4. The fourth-order valence-corrected chi connectivity index (χ4v) is 2.38. The number of rotatable bonds is 5. The Hall–Kier alpha value is -2.83. The molecule has 0 atom stereocenters. The van der Waals surface area contributed by atoms with Crippen LogP contribution in [-0.2, 0) is 6.54 Å². The third-order valence-electron chi connectivity index (χ3n) is 3.55. The normalized spacial score (nSPS) is 11.0. The quantitative estimate of drug-likeness (QED) is 0.773. The van der Waals surface area contributed by atoms with Crippen molar-refractivity contribution in [1.29, 1.82) is 0 Å². The Bertz CT molecular complexity index is 827. The van der Waals surface area contributed by atoms with Crippen LogP contribution in [0, 0.1) is 13.8 Å². The highest BCUT2D eigenvalue weighted by atomic mass is 19.3. The third kappa shape index (κ3) is 3.56. The molecule has 0 saturated heterocycles. The average molecular weight is 329 g/mol. The standard InChI is InChI=1S/C17H17F2N5/c1-11-7-12(2)24(23-11)16-10-20-9-15(22-16)21-8-13-3-5-14(6-4-13)17(18)19/h3-7,9-10,17H,8H2,1-2H3,(H,21,22). The van der Waals surface area contributed by atoms with Gasteiger partial charge in [-0.3, -0.25) is 4.98 Å². The summed E-state index contributed by atoms with van der Waals surface area (Å²) >= 11 is 0. The van der Waals surface area contributed by atoms with E-state index >= 15 is 0 Å². The molecule has 7 heteroatoms. The number of aromatic nitrogens is 4. The predicted molar refractivity (Wildman–Crippen MR) is 87.4 cm³/mol. The summed E-state index contributed by atoms with van der Waals surface area (Å²) in [5.74, 6) is 1.22. The van der Waals surface area contributed by atoms with Gasteiger partial charge in [-0.25, -0.2) is 18.4 Å². The van der Waals surface area contributed by atoms with Crippen LogP contribution in [0.25, 0.3) is 5.82 Å². The number of halogens is 2. The van der Waals surface area contributed by atoms with E-state index in [9.17, 15) is 8.78 Å². The van der Waals surface area contributed by atoms with E-state index in [1.54, 1.807) is 29.2 Å². The fraction of sp³-hybridized carbons (Fsp3) is 0.235. The van der Waals surface area contributed by atoms with Crippen LogP contribution >= 0.6 is 0 Å². The number of hydrogen-bond donors (Lipinski definition) is 1. The Balaban J connectivity index is 1.72. The maximum Gasteiger partial charge on any atom is 0.263 e. The van der Waals surface area contributed by atoms with Crippen LogP contribution in [0.4, 0.5) is 14.6 Å². The summed E-state index contributed by atoms with van der Waals surface area (Å²) in [5, 5.41) is 7.53. The van der Waals surface area contributed by atoms with E-state index in [1.807, 2.05) is 19.9 Å². The number of benzene rings is 1. The Kier molecular flexibility index (Phi) is 4.50. The first-order valence-corrected chi connectivity index (χ1v) is 7.49. The molecule has 2 heterocycles. The summed E-state index contributed by atoms with van der Waals surface area (Å²) in [4.78, 5) is 8.66. The van der Waals surface area contributed by atoms with E-state index in [4.69, 9.17) is 0 Å². The maximum atomic E-state index is 12.5. The number of anilines is 1. The van der Waals surface area contributed by atoms with Gasteiger partial charge in [0.2, 0.25) is 0 Å². The summed E-state index contributed by atoms with van der Waals surface area (Å²) in [7, 11) is 0. The molecule has 24 heavy (non-hydrogen) atoms. The lowest BCUT2D eigenvalue weighted by Gasteiger charge is -2.08. The fourth-order valence-electron chi connectivity index (χ4n) is 2.38. The van der Waals surface area contributed by atoms with Gasteiger partial charge in [-0.15, -0.1) is 0 Å². The molecule has 124 valence electrons. The SMILES string of the molecule is Cc1cc(C)n(-c2cncc(NCc3ccc(C(F)F)cc3)n2)n1. The zero-order valence-electron chi connectivity index (χ0n) is 13.4. The molecule has 0 aliphatic rings. The van der Waals surface area contributed by atoms with Crippen LogP contribution in [-0.4, -0.2) is 19.7 Å². The lowest BCUT2D eigenvalue weighted by molar-refractivity contribution is 0.151. The third-order valence-corrected chi connectivity index (χ3v) is 3.55. The van der Waals surface area contributed by atoms with Gasteiger partial charge in [0.05, 0.1) is 18.1 Å². The highest BCUT2D eigenvalue weighted by molar-refractivity contribution is 5.38. The first kappa shape index (κ1) is 16.0. The van der Waals surface area contributed by atoms with E-state index < -0.39 is 6.43 Å². The van der Waals surface area contributed by atoms with Crippen LogP contribution in [0.2, 0.25) is 0 Å². The van der Waals surface area contributed by atoms with Crippen molar-refractivity contribution in [2.75, 3.05) is 5.32 Å². The van der Waals surface area contributed by atoms with Crippen molar-refractivity contribution in [1.82, 2.24) is 19.7 Å². The van der Waals surface area contributed by atoms with Gasteiger partial charge in [-0.05, 0) is 25.5 Å². The molecule has 0 amide bonds. The van der Waals surface area contributed by atoms with Gasteiger partial charge >= 0.3 is 0 Å². The molecule has 0 fully saturated rings. The van der Waals surface area contributed by atoms with Gasteiger partial charge in [0.25, 0.3) is 6.43 Å². The summed E-state index contributed by atoms with van der Waals surface area (Å²) in [6, 6.07) is 8.17. The molecule has 3 aromatic rings. The minimum Gasteiger partial charge on any atom is -0.365 e. The Morgan fingerprint density at radius 3 is 2.50 bits per heavy atom. The van der Waals surface area contributed by atoms with E-state index in [2.05, 4.69) is 20.4 Å². The Labute approximate surface area is 138 Å². The predicted octanol–water partition coefficient (Wildman–Crippen LogP) is 3.83. The van der Waals surface area contributed by atoms with Crippen LogP contribution in [0.5, 0.6) is 0 Å². The van der Waals surface area contributed by atoms with E-state index in [0.717, 1.165) is 17.0 Å². The molecule has 0 unspecified atom stereocenters. The Morgan fingerprint density at radius 1 is 1.12 bits per heavy atom. The smallest absolute Gasteiger partial charge is 0.263 e. The number of nitrogens with zero attached hydrogens (tertiary/aromatic N) is 4. The van der Waals surface area contributed by atoms with Crippen molar-refractivity contribution in [3.63, 3.8) is 0 Å². The molecule has 0 bridgehead atoms. The van der Waals surface area contributed by atoms with Crippen LogP contribution in [0.1, 0.15) is 28.9 Å². The highest BCUT2D eigenvalue weighted by Gasteiger charge is 2.08. The second kappa shape index (κ2) is 6.74. The van der Waals surface area contributed by atoms with Crippen molar-refractivity contribution in [2.45, 2.75) is 26.8 Å². The van der Waals surface area contributed by atoms with Crippen molar-refractivity contribution in [2.24, 2.45) is 0 Å². The maximum absolute atomic E-state index is 12.5. The van der Waals surface area contributed by atoms with Crippen molar-refractivity contribution in [3.05, 3.63) is 65.2 Å². The van der Waals surface area contributed by atoms with Crippen LogP contribution in [0.15, 0.2) is 42.7 Å². The molecule has 1 N–H and O–H groups in total. The molecule has 5 nitrogen and oxygen atoms in total. The molecule has 2 aromatic heterocycles. The van der Waals surface area contributed by atoms with Gasteiger partial charge in [-0.2, -0.15) is 5.10 Å². The van der Waals surface area contributed by atoms with Gasteiger partial charge in [-0.1, -0.05) is 24.3 Å². The lowest BCUT2D eigenvalue weighted by Crippen LogP contribution is -2.07. The van der Waals surface area contributed by atoms with Crippen molar-refractivity contribution < 1.29 is 8.78 Å². The number of alkyl halides is 2. The van der Waals surface area contributed by atoms with Crippen LogP contribution in [0.3, 0.4) is 0 Å². The molecule has 3 rings (SSSR count). The molecular weight excluding hydrogens is 312 g/mol. The van der Waals surface area contributed by atoms with Gasteiger partial charge < -0.3 is 5.32 Å². The topological polar surface area (TPSA) is 55.6 Å². The Morgan fingerprint density at radius 2 is 1.88 bits per heavy atom. The summed E-state index contributed by atoms with van der Waals surface area (Å²) < 4.78 is 26.8. The molecule has 0 radical (unpaired) electrons. The van der Waals surface area contributed by atoms with E-state index in [-0.39, 0.29) is 5.56 Å². The van der Waals surface area contributed by atoms with E-state index in [1.165, 1.54) is 12.1 Å². The molecular formula is C17H17F2N5. The molecule has 0 aliphatic heterocycles. The lowest BCUT2D eigenvalue weighted by atomic mass is 10.1. The second-order valence-corrected chi connectivity index (χ2v) is 5.50. The van der Waals surface area contributed by atoms with Crippen LogP contribution < -0.4 is 5.32 Å². The van der Waals surface area contributed by atoms with Gasteiger partial charge in [0, 0.05) is 17.8 Å². The van der Waals surface area contributed by atoms with Crippen molar-refractivity contribution >= 4 is 5.82 Å². The summed E-state index contributed by atoms with van der Waals surface area (Å²) in [6.07, 6.45) is 0.806. The monoisotopic (exact) mass is 329 g/mol. The highest BCUT2D eigenvalue weighted by Crippen LogP contribution is 2.19. The van der Waals surface area contributed by atoms with E-state index in [0.29, 0.717) is 18.2 Å². The molecule has 1 aromatic carbocycles. The zero-order chi connectivity index (χ0) is 17.1. The van der Waals surface area contributed by atoms with Gasteiger partial charge in [0.15, 0.2) is 5.82 Å². The van der Waals surface area contributed by atoms with Crippen molar-refractivity contribution in [3.8, 4) is 5.82 Å². The summed E-state index contributed by atoms with van der Waals surface area (Å²) in [5.41, 5.74) is 2.79. The molecule has 0 spiro atoms. The minimum atomic E-state index is -2.45. The van der Waals surface area contributed by atoms with Gasteiger partial charge in [0.1, 0.15) is 5.82 Å². The first-order chi connectivity index (χ1) is 11.5. The number of nitrogens with one attached hydrogen (secondary N) is 1. The summed E-state index contributed by atoms with van der Waals surface area (Å²) in [6.45, 7) is 4.34. The molecule has 0 saturated carbocycles. The largest absolute Gasteiger partial charge is 0.365 e. The average Bonchev–Trinajstić information content (AvgIpc) is 2.92. The first-order valence-electron chi connectivity index (χ1n) is 7.49. The number of aryl methyl sites for hydroxylation is 2. The number of hydrogen-bond acceptors (Lipinski definition) is 4. The molecule has 0 aliphatic carbocycles. The minimum absolute atomic E-state index is 0.0186. The second-order valence-electron chi connectivity index (χ2n) is 5.50.